The van der Waals surface area contributed by atoms with Gasteiger partial charge in [-0.2, -0.15) is 0 Å². The first-order valence-electron chi connectivity index (χ1n) is 11.8. The molecule has 2 amide bonds. The van der Waals surface area contributed by atoms with Crippen LogP contribution in [0.15, 0.2) is 42.6 Å². The summed E-state index contributed by atoms with van der Waals surface area (Å²) in [5.41, 5.74) is 1.87. The molecular weight excluding hydrogens is 448 g/mol. The van der Waals surface area contributed by atoms with Gasteiger partial charge in [0.15, 0.2) is 0 Å². The van der Waals surface area contributed by atoms with E-state index in [9.17, 15) is 9.59 Å². The molecule has 0 saturated carbocycles. The van der Waals surface area contributed by atoms with Gasteiger partial charge >= 0.3 is 0 Å². The number of carbonyl (C=O) groups excluding carboxylic acids is 2. The third kappa shape index (κ3) is 7.24. The second-order valence-corrected chi connectivity index (χ2v) is 9.04. The number of benzene rings is 1. The zero-order chi connectivity index (χ0) is 25.4. The molecule has 1 aromatic heterocycles. The number of methoxy groups -OCH3 is 2. The van der Waals surface area contributed by atoms with Crippen molar-refractivity contribution in [2.45, 2.75) is 32.5 Å². The third-order valence-electron chi connectivity index (χ3n) is 6.22. The molecule has 0 saturated heterocycles. The zero-order valence-electron chi connectivity index (χ0n) is 21.2. The molecule has 0 bridgehead atoms. The van der Waals surface area contributed by atoms with Crippen LogP contribution in [0, 0.1) is 5.92 Å². The molecule has 1 aliphatic rings. The summed E-state index contributed by atoms with van der Waals surface area (Å²) < 4.78 is 16.9. The number of hydrogen-bond donors (Lipinski definition) is 1. The second-order valence-electron chi connectivity index (χ2n) is 9.04. The lowest BCUT2D eigenvalue weighted by Crippen LogP contribution is -2.46. The molecule has 0 fully saturated rings. The van der Waals surface area contributed by atoms with Crippen LogP contribution in [-0.2, 0) is 20.8 Å². The van der Waals surface area contributed by atoms with E-state index in [2.05, 4.69) is 29.0 Å². The van der Waals surface area contributed by atoms with E-state index in [-0.39, 0.29) is 36.5 Å². The molecule has 0 unspecified atom stereocenters. The van der Waals surface area contributed by atoms with Crippen molar-refractivity contribution in [3.8, 4) is 5.75 Å². The quantitative estimate of drug-likeness (QED) is 0.674. The highest BCUT2D eigenvalue weighted by Crippen LogP contribution is 2.26. The van der Waals surface area contributed by atoms with Crippen LogP contribution in [0.3, 0.4) is 0 Å². The first kappa shape index (κ1) is 26.6. The van der Waals surface area contributed by atoms with Crippen molar-refractivity contribution in [3.05, 3.63) is 53.9 Å². The number of ether oxygens (including phenoxy) is 3. The van der Waals surface area contributed by atoms with Crippen LogP contribution in [0.1, 0.15) is 29.9 Å². The van der Waals surface area contributed by atoms with Crippen molar-refractivity contribution in [1.82, 2.24) is 14.8 Å². The van der Waals surface area contributed by atoms with Gasteiger partial charge in [-0.1, -0.05) is 13.0 Å². The Morgan fingerprint density at radius 1 is 1.20 bits per heavy atom. The molecule has 0 radical (unpaired) electrons. The van der Waals surface area contributed by atoms with Crippen molar-refractivity contribution in [2.24, 2.45) is 5.92 Å². The molecule has 1 aromatic carbocycles. The highest BCUT2D eigenvalue weighted by molar-refractivity contribution is 5.99. The molecule has 2 heterocycles. The first-order chi connectivity index (χ1) is 16.8. The van der Waals surface area contributed by atoms with E-state index in [1.54, 1.807) is 43.5 Å². The van der Waals surface area contributed by atoms with Gasteiger partial charge < -0.3 is 24.4 Å². The maximum atomic E-state index is 13.4. The van der Waals surface area contributed by atoms with Gasteiger partial charge in [0.25, 0.3) is 5.91 Å². The number of hydrogen-bond acceptors (Lipinski definition) is 7. The van der Waals surface area contributed by atoms with Crippen molar-refractivity contribution in [2.75, 3.05) is 52.9 Å². The number of nitrogens with one attached hydrogen (secondary N) is 1. The van der Waals surface area contributed by atoms with Crippen LogP contribution in [-0.4, -0.2) is 86.3 Å². The minimum absolute atomic E-state index is 0.0538. The number of aromatic nitrogens is 1. The molecule has 1 aliphatic heterocycles. The number of carbonyl (C=O) groups is 2. The van der Waals surface area contributed by atoms with Crippen LogP contribution in [0.5, 0.6) is 5.75 Å². The number of fused-ring (bicyclic) bond motifs is 1. The number of likely N-dealkylation sites (N-methyl/N-ethyl adjacent to an activating group) is 1. The predicted octanol–water partition coefficient (Wildman–Crippen LogP) is 2.67. The lowest BCUT2D eigenvalue weighted by molar-refractivity contribution is -0.119. The maximum absolute atomic E-state index is 13.4. The molecule has 3 rings (SSSR count). The van der Waals surface area contributed by atoms with Crippen LogP contribution in [0.4, 0.5) is 5.69 Å². The van der Waals surface area contributed by atoms with Crippen LogP contribution < -0.4 is 10.1 Å². The predicted molar refractivity (Wildman–Crippen MR) is 133 cm³/mol. The van der Waals surface area contributed by atoms with Gasteiger partial charge in [-0.05, 0) is 43.2 Å². The molecule has 0 aliphatic carbocycles. The lowest BCUT2D eigenvalue weighted by Gasteiger charge is -2.35. The third-order valence-corrected chi connectivity index (χ3v) is 6.22. The molecule has 1 N–H and O–H groups in total. The molecular formula is C26H36N4O5. The average molecular weight is 485 g/mol. The van der Waals surface area contributed by atoms with E-state index in [1.807, 2.05) is 18.2 Å². The zero-order valence-corrected chi connectivity index (χ0v) is 21.2. The summed E-state index contributed by atoms with van der Waals surface area (Å²) in [6.45, 7) is 6.42. The molecule has 35 heavy (non-hydrogen) atoms. The summed E-state index contributed by atoms with van der Waals surface area (Å²) in [5, 5.41) is 2.75. The van der Waals surface area contributed by atoms with Gasteiger partial charge in [0.2, 0.25) is 5.91 Å². The van der Waals surface area contributed by atoms with Gasteiger partial charge in [-0.15, -0.1) is 0 Å². The molecule has 2 aromatic rings. The second kappa shape index (κ2) is 12.6. The lowest BCUT2D eigenvalue weighted by atomic mass is 10.0. The summed E-state index contributed by atoms with van der Waals surface area (Å²) in [7, 11) is 4.88. The minimum atomic E-state index is -0.297. The van der Waals surface area contributed by atoms with Gasteiger partial charge in [-0.25, -0.2) is 0 Å². The average Bonchev–Trinajstić information content (AvgIpc) is 2.85. The van der Waals surface area contributed by atoms with Gasteiger partial charge in [0.1, 0.15) is 19.0 Å². The van der Waals surface area contributed by atoms with Crippen molar-refractivity contribution in [1.29, 1.82) is 0 Å². The Morgan fingerprint density at radius 2 is 2.00 bits per heavy atom. The fraction of sp³-hybridized carbons (Fsp3) is 0.500. The Kier molecular flexibility index (Phi) is 9.59. The van der Waals surface area contributed by atoms with Crippen LogP contribution in [0.25, 0.3) is 0 Å². The number of amides is 2. The standard InChI is InChI=1S/C26H36N4O5/c1-18-13-30(14-21-8-6-7-11-27-21)19(2)16-35-23-10-9-20(28-25(31)17-33-4)12-22(23)26(32)29(3)15-24(18)34-5/h6-12,18-19,24H,13-17H2,1-5H3,(H,28,31)/t18-,19-,24-/m0/s1. The summed E-state index contributed by atoms with van der Waals surface area (Å²) in [6.07, 6.45) is 1.64. The Balaban J connectivity index is 1.92. The highest BCUT2D eigenvalue weighted by Gasteiger charge is 2.28. The SMILES string of the molecule is COCC(=O)Nc1ccc2c(c1)C(=O)N(C)C[C@H](OC)[C@@H](C)CN(Cc1ccccn1)[C@@H](C)CO2. The fourth-order valence-corrected chi connectivity index (χ4v) is 4.18. The largest absolute Gasteiger partial charge is 0.491 e. The summed E-state index contributed by atoms with van der Waals surface area (Å²) in [5.74, 6) is 0.129. The number of rotatable bonds is 6. The number of anilines is 1. The van der Waals surface area contributed by atoms with E-state index in [4.69, 9.17) is 14.2 Å². The van der Waals surface area contributed by atoms with Crippen molar-refractivity contribution in [3.63, 3.8) is 0 Å². The number of pyridine rings is 1. The number of nitrogens with zero attached hydrogens (tertiary/aromatic N) is 3. The Hall–Kier alpha value is -3.01. The van der Waals surface area contributed by atoms with Crippen molar-refractivity contribution >= 4 is 17.5 Å². The topological polar surface area (TPSA) is 93.2 Å². The van der Waals surface area contributed by atoms with Gasteiger partial charge in [-0.3, -0.25) is 19.5 Å². The smallest absolute Gasteiger partial charge is 0.257 e. The normalized spacial score (nSPS) is 21.9. The van der Waals surface area contributed by atoms with E-state index >= 15 is 0 Å². The van der Waals surface area contributed by atoms with Crippen LogP contribution >= 0.6 is 0 Å². The van der Waals surface area contributed by atoms with Crippen LogP contribution in [0.2, 0.25) is 0 Å². The molecule has 9 heteroatoms. The summed E-state index contributed by atoms with van der Waals surface area (Å²) >= 11 is 0. The molecule has 9 nitrogen and oxygen atoms in total. The van der Waals surface area contributed by atoms with E-state index in [0.29, 0.717) is 36.7 Å². The highest BCUT2D eigenvalue weighted by atomic mass is 16.5. The monoisotopic (exact) mass is 484 g/mol. The Morgan fingerprint density at radius 3 is 2.69 bits per heavy atom. The minimum Gasteiger partial charge on any atom is -0.491 e. The first-order valence-corrected chi connectivity index (χ1v) is 11.8. The van der Waals surface area contributed by atoms with E-state index in [1.165, 1.54) is 7.11 Å². The fourth-order valence-electron chi connectivity index (χ4n) is 4.18. The van der Waals surface area contributed by atoms with Gasteiger partial charge in [0, 0.05) is 58.8 Å². The maximum Gasteiger partial charge on any atom is 0.257 e. The molecule has 0 spiro atoms. The Bertz CT molecular complexity index is 987. The summed E-state index contributed by atoms with van der Waals surface area (Å²) in [4.78, 5) is 33.9. The van der Waals surface area contributed by atoms with Gasteiger partial charge in [0.05, 0.1) is 17.4 Å². The molecule has 190 valence electrons. The van der Waals surface area contributed by atoms with Crippen molar-refractivity contribution < 1.29 is 23.8 Å². The molecule has 3 atom stereocenters. The van der Waals surface area contributed by atoms with E-state index in [0.717, 1.165) is 12.2 Å². The summed E-state index contributed by atoms with van der Waals surface area (Å²) in [6, 6.07) is 11.1. The Labute approximate surface area is 207 Å². The van der Waals surface area contributed by atoms with E-state index < -0.39 is 0 Å².